The summed E-state index contributed by atoms with van der Waals surface area (Å²) in [7, 11) is 1.27. The van der Waals surface area contributed by atoms with Crippen LogP contribution in [0.15, 0.2) is 27.6 Å². The lowest BCUT2D eigenvalue weighted by atomic mass is 10.0. The Balaban J connectivity index is 2.15. The SMILES string of the molecule is COC(=O)Cn1ncc(NC2CC=CCC2)c(Br)c1=O. The molecule has 1 atom stereocenters. The van der Waals surface area contributed by atoms with Crippen LogP contribution in [0.1, 0.15) is 19.3 Å². The molecule has 1 N–H and O–H groups in total. The largest absolute Gasteiger partial charge is 0.468 e. The van der Waals surface area contributed by atoms with Crippen molar-refractivity contribution in [1.82, 2.24) is 9.78 Å². The van der Waals surface area contributed by atoms with Gasteiger partial charge in [-0.15, -0.1) is 0 Å². The summed E-state index contributed by atoms with van der Waals surface area (Å²) in [6.45, 7) is -0.194. The number of rotatable bonds is 4. The van der Waals surface area contributed by atoms with Gasteiger partial charge in [-0.25, -0.2) is 4.68 Å². The molecule has 1 unspecified atom stereocenters. The fraction of sp³-hybridized carbons (Fsp3) is 0.462. The number of halogens is 1. The van der Waals surface area contributed by atoms with Crippen molar-refractivity contribution in [2.24, 2.45) is 0 Å². The summed E-state index contributed by atoms with van der Waals surface area (Å²) < 4.78 is 5.98. The highest BCUT2D eigenvalue weighted by molar-refractivity contribution is 9.10. The topological polar surface area (TPSA) is 73.2 Å². The summed E-state index contributed by atoms with van der Waals surface area (Å²) in [6.07, 6.45) is 8.81. The van der Waals surface area contributed by atoms with Crippen molar-refractivity contribution in [3.8, 4) is 0 Å². The number of nitrogens with one attached hydrogen (secondary N) is 1. The monoisotopic (exact) mass is 341 g/mol. The fourth-order valence-corrected chi connectivity index (χ4v) is 2.43. The normalized spacial score (nSPS) is 17.8. The zero-order valence-electron chi connectivity index (χ0n) is 11.1. The van der Waals surface area contributed by atoms with Crippen LogP contribution in [0.2, 0.25) is 0 Å². The quantitative estimate of drug-likeness (QED) is 0.666. The third kappa shape index (κ3) is 3.47. The van der Waals surface area contributed by atoms with E-state index < -0.39 is 5.97 Å². The number of methoxy groups -OCH3 is 1. The van der Waals surface area contributed by atoms with E-state index in [0.29, 0.717) is 16.2 Å². The van der Waals surface area contributed by atoms with Gasteiger partial charge in [0.15, 0.2) is 0 Å². The van der Waals surface area contributed by atoms with E-state index in [1.165, 1.54) is 7.11 Å². The molecule has 0 fully saturated rings. The van der Waals surface area contributed by atoms with Crippen molar-refractivity contribution in [1.29, 1.82) is 0 Å². The first kappa shape index (κ1) is 14.8. The van der Waals surface area contributed by atoms with Crippen LogP contribution in [0, 0.1) is 0 Å². The maximum absolute atomic E-state index is 12.1. The van der Waals surface area contributed by atoms with Crippen molar-refractivity contribution >= 4 is 27.6 Å². The smallest absolute Gasteiger partial charge is 0.327 e. The molecule has 0 amide bonds. The third-order valence-corrected chi connectivity index (χ3v) is 3.89. The van der Waals surface area contributed by atoms with E-state index in [-0.39, 0.29) is 12.1 Å². The highest BCUT2D eigenvalue weighted by Crippen LogP contribution is 2.21. The van der Waals surface area contributed by atoms with Crippen LogP contribution in [0.25, 0.3) is 0 Å². The standard InChI is InChI=1S/C13H16BrN3O3/c1-20-11(18)8-17-13(19)12(14)10(7-15-17)16-9-5-3-2-4-6-9/h2-3,7,9,16H,4-6,8H2,1H3. The van der Waals surface area contributed by atoms with Crippen LogP contribution in [-0.4, -0.2) is 28.9 Å². The molecule has 0 saturated carbocycles. The van der Waals surface area contributed by atoms with Gasteiger partial charge in [-0.2, -0.15) is 5.10 Å². The van der Waals surface area contributed by atoms with Crippen LogP contribution in [0.5, 0.6) is 0 Å². The van der Waals surface area contributed by atoms with Crippen molar-refractivity contribution in [2.75, 3.05) is 12.4 Å². The molecule has 1 heterocycles. The predicted molar refractivity (Wildman–Crippen MR) is 78.6 cm³/mol. The molecule has 0 radical (unpaired) electrons. The average Bonchev–Trinajstić information content (AvgIpc) is 2.48. The van der Waals surface area contributed by atoms with Crippen LogP contribution in [0.3, 0.4) is 0 Å². The van der Waals surface area contributed by atoms with Gasteiger partial charge in [-0.1, -0.05) is 12.2 Å². The third-order valence-electron chi connectivity index (χ3n) is 3.12. The summed E-state index contributed by atoms with van der Waals surface area (Å²) in [6, 6.07) is 0.300. The molecular weight excluding hydrogens is 326 g/mol. The molecule has 1 aliphatic rings. The molecule has 0 aromatic carbocycles. The van der Waals surface area contributed by atoms with Gasteiger partial charge >= 0.3 is 5.97 Å². The highest BCUT2D eigenvalue weighted by Gasteiger charge is 2.15. The lowest BCUT2D eigenvalue weighted by Gasteiger charge is -2.21. The molecule has 1 aromatic rings. The first-order valence-electron chi connectivity index (χ1n) is 6.35. The Kier molecular flexibility index (Phi) is 4.94. The first-order valence-corrected chi connectivity index (χ1v) is 7.15. The minimum atomic E-state index is -0.510. The van der Waals surface area contributed by atoms with E-state index in [9.17, 15) is 9.59 Å². The number of anilines is 1. The molecule has 0 bridgehead atoms. The second-order valence-electron chi connectivity index (χ2n) is 4.54. The van der Waals surface area contributed by atoms with E-state index in [2.05, 4.69) is 43.2 Å². The van der Waals surface area contributed by atoms with Gasteiger partial charge in [0.25, 0.3) is 5.56 Å². The molecule has 0 saturated heterocycles. The molecule has 7 heteroatoms. The van der Waals surface area contributed by atoms with E-state index in [0.717, 1.165) is 23.9 Å². The second-order valence-corrected chi connectivity index (χ2v) is 5.33. The van der Waals surface area contributed by atoms with Gasteiger partial charge in [0, 0.05) is 6.04 Å². The van der Waals surface area contributed by atoms with Gasteiger partial charge in [-0.3, -0.25) is 9.59 Å². The van der Waals surface area contributed by atoms with E-state index in [1.807, 2.05) is 0 Å². The molecule has 6 nitrogen and oxygen atoms in total. The van der Waals surface area contributed by atoms with E-state index in [1.54, 1.807) is 6.20 Å². The van der Waals surface area contributed by atoms with Gasteiger partial charge in [0.05, 0.1) is 19.0 Å². The Hall–Kier alpha value is -1.63. The number of carbonyl (C=O) groups excluding carboxylic acids is 1. The van der Waals surface area contributed by atoms with Gasteiger partial charge in [0.2, 0.25) is 0 Å². The highest BCUT2D eigenvalue weighted by atomic mass is 79.9. The summed E-state index contributed by atoms with van der Waals surface area (Å²) in [5.41, 5.74) is 0.295. The van der Waals surface area contributed by atoms with Crippen molar-refractivity contribution in [2.45, 2.75) is 31.8 Å². The van der Waals surface area contributed by atoms with Gasteiger partial charge < -0.3 is 10.1 Å². The lowest BCUT2D eigenvalue weighted by molar-refractivity contribution is -0.141. The van der Waals surface area contributed by atoms with Crippen LogP contribution < -0.4 is 10.9 Å². The Labute approximate surface area is 124 Å². The first-order chi connectivity index (χ1) is 9.61. The zero-order chi connectivity index (χ0) is 14.5. The maximum Gasteiger partial charge on any atom is 0.327 e. The Bertz CT molecular complexity index is 583. The second kappa shape index (κ2) is 6.69. The predicted octanol–water partition coefficient (Wildman–Crippen LogP) is 1.70. The maximum atomic E-state index is 12.1. The summed E-state index contributed by atoms with van der Waals surface area (Å²) in [5, 5.41) is 7.28. The molecular formula is C13H16BrN3O3. The van der Waals surface area contributed by atoms with Crippen molar-refractivity contribution in [3.63, 3.8) is 0 Å². The summed E-state index contributed by atoms with van der Waals surface area (Å²) >= 11 is 3.26. The summed E-state index contributed by atoms with van der Waals surface area (Å²) in [5.74, 6) is -0.510. The lowest BCUT2D eigenvalue weighted by Crippen LogP contribution is -2.29. The van der Waals surface area contributed by atoms with Crippen LogP contribution in [0.4, 0.5) is 5.69 Å². The minimum absolute atomic E-state index is 0.194. The molecule has 1 aliphatic carbocycles. The number of esters is 1. The molecule has 2 rings (SSSR count). The minimum Gasteiger partial charge on any atom is -0.468 e. The molecule has 1 aromatic heterocycles. The summed E-state index contributed by atoms with van der Waals surface area (Å²) in [4.78, 5) is 23.3. The number of carbonyl (C=O) groups is 1. The van der Waals surface area contributed by atoms with Crippen molar-refractivity contribution < 1.29 is 9.53 Å². The van der Waals surface area contributed by atoms with Crippen LogP contribution >= 0.6 is 15.9 Å². The molecule has 0 aliphatic heterocycles. The fourth-order valence-electron chi connectivity index (χ4n) is 2.01. The number of nitrogens with zero attached hydrogens (tertiary/aromatic N) is 2. The molecule has 0 spiro atoms. The Morgan fingerprint density at radius 1 is 1.60 bits per heavy atom. The number of hydrogen-bond donors (Lipinski definition) is 1. The molecule has 108 valence electrons. The average molecular weight is 342 g/mol. The number of allylic oxidation sites excluding steroid dienone is 1. The number of aromatic nitrogens is 2. The van der Waals surface area contributed by atoms with E-state index >= 15 is 0 Å². The number of ether oxygens (including phenoxy) is 1. The van der Waals surface area contributed by atoms with Gasteiger partial charge in [-0.05, 0) is 35.2 Å². The van der Waals surface area contributed by atoms with Crippen molar-refractivity contribution in [3.05, 3.63) is 33.2 Å². The van der Waals surface area contributed by atoms with Gasteiger partial charge in [0.1, 0.15) is 11.0 Å². The number of hydrogen-bond acceptors (Lipinski definition) is 5. The zero-order valence-corrected chi connectivity index (χ0v) is 12.7. The molecule has 20 heavy (non-hydrogen) atoms. The Morgan fingerprint density at radius 3 is 3.05 bits per heavy atom. The Morgan fingerprint density at radius 2 is 2.40 bits per heavy atom. The van der Waals surface area contributed by atoms with E-state index in [4.69, 9.17) is 0 Å². The van der Waals surface area contributed by atoms with Crippen LogP contribution in [-0.2, 0) is 16.1 Å².